The van der Waals surface area contributed by atoms with Crippen LogP contribution < -0.4 is 15.5 Å². The van der Waals surface area contributed by atoms with E-state index < -0.39 is 0 Å². The van der Waals surface area contributed by atoms with Gasteiger partial charge in [0.1, 0.15) is 0 Å². The van der Waals surface area contributed by atoms with E-state index in [1.54, 1.807) is 4.90 Å². The molecule has 3 aliphatic heterocycles. The molecule has 0 aliphatic carbocycles. The number of fused-ring (bicyclic) bond motifs is 2. The Hall–Kier alpha value is -1.88. The molecule has 0 radical (unpaired) electrons. The molecule has 5 heteroatoms. The Bertz CT molecular complexity index is 631. The van der Waals surface area contributed by atoms with Crippen LogP contribution >= 0.6 is 0 Å². The van der Waals surface area contributed by atoms with Gasteiger partial charge in [0, 0.05) is 36.8 Å². The number of nitrogens with one attached hydrogen (secondary N) is 2. The number of hydrogen-bond donors (Lipinski definition) is 2. The summed E-state index contributed by atoms with van der Waals surface area (Å²) in [5.41, 5.74) is 2.06. The first-order chi connectivity index (χ1) is 11.6. The Balaban J connectivity index is 1.37. The van der Waals surface area contributed by atoms with Gasteiger partial charge in [0.15, 0.2) is 0 Å². The van der Waals surface area contributed by atoms with E-state index in [1.165, 1.54) is 18.4 Å². The third kappa shape index (κ3) is 3.05. The van der Waals surface area contributed by atoms with Crippen molar-refractivity contribution in [2.45, 2.75) is 57.2 Å². The molecule has 0 spiro atoms. The van der Waals surface area contributed by atoms with Gasteiger partial charge in [0.25, 0.3) is 0 Å². The summed E-state index contributed by atoms with van der Waals surface area (Å²) >= 11 is 0. The van der Waals surface area contributed by atoms with Crippen LogP contribution in [0, 0.1) is 12.8 Å². The molecule has 3 atom stereocenters. The maximum Gasteiger partial charge on any atom is 0.227 e. The summed E-state index contributed by atoms with van der Waals surface area (Å²) in [4.78, 5) is 26.7. The van der Waals surface area contributed by atoms with Crippen molar-refractivity contribution >= 4 is 17.5 Å². The predicted octanol–water partition coefficient (Wildman–Crippen LogP) is 1.75. The first-order valence-corrected chi connectivity index (χ1v) is 9.02. The van der Waals surface area contributed by atoms with Crippen molar-refractivity contribution in [1.82, 2.24) is 10.6 Å². The average molecular weight is 327 g/mol. The molecule has 3 heterocycles. The van der Waals surface area contributed by atoms with Gasteiger partial charge in [-0.15, -0.1) is 0 Å². The number of anilines is 1. The number of piperidine rings is 1. The normalized spacial score (nSPS) is 32.2. The molecule has 3 aliphatic rings. The van der Waals surface area contributed by atoms with Crippen LogP contribution in [0.2, 0.25) is 0 Å². The second-order valence-electron chi connectivity index (χ2n) is 7.56. The first kappa shape index (κ1) is 15.6. The minimum absolute atomic E-state index is 0.0456. The van der Waals surface area contributed by atoms with Crippen molar-refractivity contribution in [2.24, 2.45) is 5.92 Å². The van der Waals surface area contributed by atoms with Gasteiger partial charge in [-0.05, 0) is 44.7 Å². The summed E-state index contributed by atoms with van der Waals surface area (Å²) in [7, 11) is 0. The van der Waals surface area contributed by atoms with Crippen molar-refractivity contribution in [2.75, 3.05) is 11.4 Å². The first-order valence-electron chi connectivity index (χ1n) is 9.02. The van der Waals surface area contributed by atoms with Gasteiger partial charge in [-0.25, -0.2) is 0 Å². The van der Waals surface area contributed by atoms with Crippen LogP contribution in [0.5, 0.6) is 0 Å². The summed E-state index contributed by atoms with van der Waals surface area (Å²) in [5, 5.41) is 6.80. The van der Waals surface area contributed by atoms with Crippen LogP contribution in [0.3, 0.4) is 0 Å². The zero-order valence-electron chi connectivity index (χ0n) is 14.1. The molecule has 2 amide bonds. The monoisotopic (exact) mass is 327 g/mol. The number of nitrogens with zero attached hydrogens (tertiary/aromatic N) is 1. The Morgan fingerprint density at radius 3 is 2.50 bits per heavy atom. The lowest BCUT2D eigenvalue weighted by atomic mass is 9.98. The third-order valence-corrected chi connectivity index (χ3v) is 5.66. The van der Waals surface area contributed by atoms with E-state index in [2.05, 4.69) is 10.6 Å². The van der Waals surface area contributed by atoms with Crippen molar-refractivity contribution in [3.63, 3.8) is 0 Å². The summed E-state index contributed by atoms with van der Waals surface area (Å²) in [6.07, 6.45) is 4.80. The molecule has 3 unspecified atom stereocenters. The largest absolute Gasteiger partial charge is 0.353 e. The quantitative estimate of drug-likeness (QED) is 0.889. The van der Waals surface area contributed by atoms with Gasteiger partial charge in [-0.2, -0.15) is 0 Å². The third-order valence-electron chi connectivity index (χ3n) is 5.66. The van der Waals surface area contributed by atoms with Gasteiger partial charge in [-0.3, -0.25) is 9.59 Å². The molecule has 2 bridgehead atoms. The fraction of sp³-hybridized carbons (Fsp3) is 0.579. The topological polar surface area (TPSA) is 61.4 Å². The van der Waals surface area contributed by atoms with E-state index in [9.17, 15) is 9.59 Å². The van der Waals surface area contributed by atoms with Crippen molar-refractivity contribution in [1.29, 1.82) is 0 Å². The minimum atomic E-state index is -0.230. The fourth-order valence-electron chi connectivity index (χ4n) is 4.35. The fourth-order valence-corrected chi connectivity index (χ4v) is 4.35. The van der Waals surface area contributed by atoms with E-state index in [1.807, 2.05) is 31.2 Å². The summed E-state index contributed by atoms with van der Waals surface area (Å²) < 4.78 is 0. The molecule has 1 aromatic carbocycles. The summed E-state index contributed by atoms with van der Waals surface area (Å²) in [5.74, 6) is -0.139. The van der Waals surface area contributed by atoms with Gasteiger partial charge in [0.05, 0.1) is 5.92 Å². The smallest absolute Gasteiger partial charge is 0.227 e. The van der Waals surface area contributed by atoms with Crippen molar-refractivity contribution < 1.29 is 9.59 Å². The van der Waals surface area contributed by atoms with Crippen LogP contribution in [-0.2, 0) is 9.59 Å². The van der Waals surface area contributed by atoms with Crippen molar-refractivity contribution in [3.8, 4) is 0 Å². The molecule has 4 rings (SSSR count). The Labute approximate surface area is 142 Å². The highest BCUT2D eigenvalue weighted by Crippen LogP contribution is 2.29. The second-order valence-corrected chi connectivity index (χ2v) is 7.56. The van der Waals surface area contributed by atoms with E-state index in [-0.39, 0.29) is 23.8 Å². The molecule has 3 saturated heterocycles. The standard InChI is InChI=1S/C19H25N3O2/c1-12-2-6-17(7-3-12)22-11-13(8-18(22)23)19(24)21-16-9-14-4-5-15(10-16)20-14/h2-3,6-7,13-16,20H,4-5,8-11H2,1H3,(H,21,24). The number of amides is 2. The Kier molecular flexibility index (Phi) is 4.04. The molecular formula is C19H25N3O2. The van der Waals surface area contributed by atoms with Crippen LogP contribution in [-0.4, -0.2) is 36.5 Å². The number of carbonyl (C=O) groups is 2. The highest BCUT2D eigenvalue weighted by atomic mass is 16.2. The van der Waals surface area contributed by atoms with E-state index >= 15 is 0 Å². The number of carbonyl (C=O) groups excluding carboxylic acids is 2. The maximum atomic E-state index is 12.6. The molecule has 3 fully saturated rings. The zero-order valence-corrected chi connectivity index (χ0v) is 14.1. The number of benzene rings is 1. The van der Waals surface area contributed by atoms with Gasteiger partial charge in [0.2, 0.25) is 11.8 Å². The molecule has 1 aromatic rings. The highest BCUT2D eigenvalue weighted by Gasteiger charge is 2.38. The number of aryl methyl sites for hydroxylation is 1. The van der Waals surface area contributed by atoms with Crippen LogP contribution in [0.4, 0.5) is 5.69 Å². The zero-order chi connectivity index (χ0) is 16.7. The van der Waals surface area contributed by atoms with Crippen LogP contribution in [0.15, 0.2) is 24.3 Å². The van der Waals surface area contributed by atoms with Gasteiger partial charge >= 0.3 is 0 Å². The van der Waals surface area contributed by atoms with Gasteiger partial charge < -0.3 is 15.5 Å². The predicted molar refractivity (Wildman–Crippen MR) is 92.7 cm³/mol. The lowest BCUT2D eigenvalue weighted by Crippen LogP contribution is -2.49. The molecule has 2 N–H and O–H groups in total. The maximum absolute atomic E-state index is 12.6. The number of hydrogen-bond acceptors (Lipinski definition) is 3. The van der Waals surface area contributed by atoms with E-state index in [0.29, 0.717) is 25.0 Å². The average Bonchev–Trinajstić information content (AvgIpc) is 3.11. The summed E-state index contributed by atoms with van der Waals surface area (Å²) in [6.45, 7) is 2.52. The molecule has 128 valence electrons. The Morgan fingerprint density at radius 1 is 1.17 bits per heavy atom. The van der Waals surface area contributed by atoms with Crippen molar-refractivity contribution in [3.05, 3.63) is 29.8 Å². The SMILES string of the molecule is Cc1ccc(N2CC(C(=O)NC3CC4CCC(C3)N4)CC2=O)cc1. The second kappa shape index (κ2) is 6.20. The van der Waals surface area contributed by atoms with E-state index in [4.69, 9.17) is 0 Å². The molecule has 24 heavy (non-hydrogen) atoms. The Morgan fingerprint density at radius 2 is 1.83 bits per heavy atom. The molecule has 0 aromatic heterocycles. The lowest BCUT2D eigenvalue weighted by Gasteiger charge is -2.30. The van der Waals surface area contributed by atoms with Crippen LogP contribution in [0.1, 0.15) is 37.7 Å². The molecule has 5 nitrogen and oxygen atoms in total. The van der Waals surface area contributed by atoms with E-state index in [0.717, 1.165) is 18.5 Å². The van der Waals surface area contributed by atoms with Crippen LogP contribution in [0.25, 0.3) is 0 Å². The number of rotatable bonds is 3. The summed E-state index contributed by atoms with van der Waals surface area (Å²) in [6, 6.07) is 9.30. The minimum Gasteiger partial charge on any atom is -0.353 e. The molecular weight excluding hydrogens is 302 g/mol. The lowest BCUT2D eigenvalue weighted by molar-refractivity contribution is -0.127. The van der Waals surface area contributed by atoms with Gasteiger partial charge in [-0.1, -0.05) is 17.7 Å². The highest BCUT2D eigenvalue weighted by molar-refractivity contribution is 6.00. The molecule has 0 saturated carbocycles.